The first-order valence-electron chi connectivity index (χ1n) is 10.9. The highest BCUT2D eigenvalue weighted by molar-refractivity contribution is 5.74. The average molecular weight is 429 g/mol. The summed E-state index contributed by atoms with van der Waals surface area (Å²) >= 11 is 0. The normalized spacial score (nSPS) is 11.9. The molecule has 0 amide bonds. The van der Waals surface area contributed by atoms with Gasteiger partial charge in [-0.3, -0.25) is 0 Å². The van der Waals surface area contributed by atoms with Gasteiger partial charge >= 0.3 is 5.97 Å². The first-order chi connectivity index (χ1) is 15.6. The Morgan fingerprint density at radius 1 is 0.969 bits per heavy atom. The van der Waals surface area contributed by atoms with Crippen molar-refractivity contribution in [1.82, 2.24) is 9.55 Å². The lowest BCUT2D eigenvalue weighted by atomic mass is 10.0. The Bertz CT molecular complexity index is 1130. The van der Waals surface area contributed by atoms with Crippen LogP contribution in [0.3, 0.4) is 0 Å². The fourth-order valence-electron chi connectivity index (χ4n) is 3.89. The maximum absolute atomic E-state index is 12.2. The molecule has 164 valence electrons. The lowest BCUT2D eigenvalue weighted by Gasteiger charge is -2.17. The molecule has 32 heavy (non-hydrogen) atoms. The summed E-state index contributed by atoms with van der Waals surface area (Å²) < 4.78 is 12.8. The number of benzene rings is 2. The quantitative estimate of drug-likeness (QED) is 0.326. The lowest BCUT2D eigenvalue weighted by molar-refractivity contribution is -0.144. The second kappa shape index (κ2) is 10.1. The van der Waals surface area contributed by atoms with Crippen LogP contribution in [-0.2, 0) is 28.8 Å². The number of nitrogens with zero attached hydrogens (tertiary/aromatic N) is 2. The largest absolute Gasteiger partial charge is 0.467 e. The third-order valence-electron chi connectivity index (χ3n) is 5.71. The van der Waals surface area contributed by atoms with Crippen molar-refractivity contribution in [2.45, 2.75) is 38.6 Å². The maximum atomic E-state index is 12.2. The Morgan fingerprint density at radius 2 is 1.66 bits per heavy atom. The van der Waals surface area contributed by atoms with Crippen molar-refractivity contribution in [3.05, 3.63) is 102 Å². The summed E-state index contributed by atoms with van der Waals surface area (Å²) in [6.07, 6.45) is 7.22. The van der Waals surface area contributed by atoms with Gasteiger partial charge in [-0.05, 0) is 61.6 Å². The number of carbonyl (C=O) groups excluding carboxylic acids is 1. The zero-order valence-electron chi connectivity index (χ0n) is 18.5. The summed E-state index contributed by atoms with van der Waals surface area (Å²) in [7, 11) is 1.43. The van der Waals surface area contributed by atoms with E-state index in [2.05, 4.69) is 24.3 Å². The van der Waals surface area contributed by atoms with Crippen LogP contribution in [0.4, 0.5) is 0 Å². The molecule has 0 unspecified atom stereocenters. The van der Waals surface area contributed by atoms with E-state index in [1.54, 1.807) is 0 Å². The molecule has 0 fully saturated rings. The summed E-state index contributed by atoms with van der Waals surface area (Å²) in [5.41, 5.74) is 4.40. The average Bonchev–Trinajstić information content (AvgIpc) is 3.49. The molecule has 5 heteroatoms. The second-order valence-electron chi connectivity index (χ2n) is 7.93. The van der Waals surface area contributed by atoms with Crippen molar-refractivity contribution in [3.63, 3.8) is 0 Å². The summed E-state index contributed by atoms with van der Waals surface area (Å²) in [5.74, 6) is 1.34. The number of ether oxygens (including phenoxy) is 1. The minimum absolute atomic E-state index is 0.233. The van der Waals surface area contributed by atoms with E-state index in [1.165, 1.54) is 12.7 Å². The van der Waals surface area contributed by atoms with Gasteiger partial charge in [0, 0.05) is 24.4 Å². The Balaban J connectivity index is 1.33. The van der Waals surface area contributed by atoms with Crippen LogP contribution in [0.5, 0.6) is 0 Å². The highest BCUT2D eigenvalue weighted by Gasteiger charge is 2.20. The molecule has 4 aromatic rings. The number of methoxy groups -OCH3 is 1. The molecule has 1 atom stereocenters. The van der Waals surface area contributed by atoms with Crippen molar-refractivity contribution in [2.75, 3.05) is 7.11 Å². The monoisotopic (exact) mass is 428 g/mol. The fraction of sp³-hybridized carbons (Fsp3) is 0.259. The third-order valence-corrected chi connectivity index (χ3v) is 5.71. The van der Waals surface area contributed by atoms with Gasteiger partial charge in [0.15, 0.2) is 0 Å². The number of hydrogen-bond acceptors (Lipinski definition) is 4. The topological polar surface area (TPSA) is 57.3 Å². The van der Waals surface area contributed by atoms with Gasteiger partial charge in [-0.2, -0.15) is 0 Å². The highest BCUT2D eigenvalue weighted by Crippen LogP contribution is 2.23. The third kappa shape index (κ3) is 5.17. The van der Waals surface area contributed by atoms with Crippen molar-refractivity contribution in [1.29, 1.82) is 0 Å². The minimum Gasteiger partial charge on any atom is -0.467 e. The molecule has 0 aliphatic carbocycles. The van der Waals surface area contributed by atoms with Crippen LogP contribution in [0.1, 0.15) is 35.0 Å². The van der Waals surface area contributed by atoms with Crippen LogP contribution >= 0.6 is 0 Å². The molecule has 0 saturated heterocycles. The van der Waals surface area contributed by atoms with Crippen molar-refractivity contribution < 1.29 is 13.9 Å². The Labute approximate surface area is 188 Å². The number of hydrogen-bond donors (Lipinski definition) is 0. The predicted octanol–water partition coefficient (Wildman–Crippen LogP) is 5.58. The number of esters is 1. The highest BCUT2D eigenvalue weighted by atomic mass is 16.5. The summed E-state index contributed by atoms with van der Waals surface area (Å²) in [5, 5.41) is 0. The van der Waals surface area contributed by atoms with Crippen molar-refractivity contribution in [3.8, 4) is 11.5 Å². The number of aryl methyl sites for hydroxylation is 3. The van der Waals surface area contributed by atoms with Gasteiger partial charge < -0.3 is 13.7 Å². The molecule has 0 bridgehead atoms. The minimum atomic E-state index is -0.352. The maximum Gasteiger partial charge on any atom is 0.329 e. The van der Waals surface area contributed by atoms with Crippen molar-refractivity contribution in [2.24, 2.45) is 0 Å². The SMILES string of the molecule is COC(=O)[C@H](Cc1ccc(CCCc2nc(-c3ccccc3)oc2C)cc1)n1cccc1. The molecular formula is C27H28N2O3. The van der Waals surface area contributed by atoms with Gasteiger partial charge in [-0.15, -0.1) is 0 Å². The number of rotatable bonds is 9. The molecule has 2 heterocycles. The molecule has 2 aromatic heterocycles. The number of aromatic nitrogens is 2. The van der Waals surface area contributed by atoms with Crippen LogP contribution in [0.2, 0.25) is 0 Å². The smallest absolute Gasteiger partial charge is 0.329 e. The standard InChI is InChI=1S/C27H28N2O3/c1-20-24(28-26(32-20)23-10-4-3-5-11-23)12-8-9-21-13-15-22(16-14-21)19-25(27(30)31-2)29-17-6-7-18-29/h3-7,10-11,13-18,25H,8-9,12,19H2,1-2H3/t25-/m0/s1. The Morgan fingerprint density at radius 3 is 2.34 bits per heavy atom. The van der Waals surface area contributed by atoms with E-state index >= 15 is 0 Å². The van der Waals surface area contributed by atoms with Crippen LogP contribution in [0, 0.1) is 6.92 Å². The molecule has 0 radical (unpaired) electrons. The van der Waals surface area contributed by atoms with Gasteiger partial charge in [0.2, 0.25) is 5.89 Å². The molecule has 0 spiro atoms. The summed E-state index contributed by atoms with van der Waals surface area (Å²) in [6, 6.07) is 22.0. The molecule has 0 saturated carbocycles. The molecule has 5 nitrogen and oxygen atoms in total. The van der Waals surface area contributed by atoms with E-state index < -0.39 is 0 Å². The predicted molar refractivity (Wildman–Crippen MR) is 124 cm³/mol. The van der Waals surface area contributed by atoms with Crippen LogP contribution in [0.25, 0.3) is 11.5 Å². The van der Waals surface area contributed by atoms with E-state index in [-0.39, 0.29) is 12.0 Å². The van der Waals surface area contributed by atoms with Crippen LogP contribution < -0.4 is 0 Å². The van der Waals surface area contributed by atoms with Gasteiger partial charge in [-0.1, -0.05) is 42.5 Å². The number of oxazole rings is 1. The van der Waals surface area contributed by atoms with Crippen molar-refractivity contribution >= 4 is 5.97 Å². The van der Waals surface area contributed by atoms with E-state index in [9.17, 15) is 4.79 Å². The first-order valence-corrected chi connectivity index (χ1v) is 10.9. The Kier molecular flexibility index (Phi) is 6.85. The van der Waals surface area contributed by atoms with Gasteiger partial charge in [-0.25, -0.2) is 9.78 Å². The van der Waals surface area contributed by atoms with E-state index in [0.717, 1.165) is 41.8 Å². The summed E-state index contributed by atoms with van der Waals surface area (Å²) in [6.45, 7) is 1.98. The summed E-state index contributed by atoms with van der Waals surface area (Å²) in [4.78, 5) is 16.9. The molecule has 4 rings (SSSR count). The number of carbonyl (C=O) groups is 1. The second-order valence-corrected chi connectivity index (χ2v) is 7.93. The fourth-order valence-corrected chi connectivity index (χ4v) is 3.89. The van der Waals surface area contributed by atoms with E-state index in [1.807, 2.05) is 66.3 Å². The van der Waals surface area contributed by atoms with E-state index in [4.69, 9.17) is 14.1 Å². The molecule has 0 aliphatic rings. The molecule has 0 N–H and O–H groups in total. The Hall–Kier alpha value is -3.60. The lowest BCUT2D eigenvalue weighted by Crippen LogP contribution is -2.22. The van der Waals surface area contributed by atoms with Gasteiger partial charge in [0.25, 0.3) is 0 Å². The zero-order chi connectivity index (χ0) is 22.3. The first kappa shape index (κ1) is 21.6. The molecule has 2 aromatic carbocycles. The van der Waals surface area contributed by atoms with Gasteiger partial charge in [0.05, 0.1) is 12.8 Å². The van der Waals surface area contributed by atoms with Gasteiger partial charge in [0.1, 0.15) is 11.8 Å². The van der Waals surface area contributed by atoms with E-state index in [0.29, 0.717) is 12.3 Å². The molecular weight excluding hydrogens is 400 g/mol. The van der Waals surface area contributed by atoms with Crippen LogP contribution in [0.15, 0.2) is 83.5 Å². The van der Waals surface area contributed by atoms with Crippen LogP contribution in [-0.4, -0.2) is 22.6 Å². The molecule has 0 aliphatic heterocycles. The zero-order valence-corrected chi connectivity index (χ0v) is 18.5.